The van der Waals surface area contributed by atoms with E-state index in [-0.39, 0.29) is 57.6 Å². The molecule has 8 rings (SSSR count). The van der Waals surface area contributed by atoms with Gasteiger partial charge in [0.1, 0.15) is 17.8 Å². The Bertz CT molecular complexity index is 2830. The van der Waals surface area contributed by atoms with Crippen LogP contribution in [0, 0.1) is 51.2 Å². The Hall–Kier alpha value is -5.93. The molecule has 8 atom stereocenters. The van der Waals surface area contributed by atoms with E-state index in [9.17, 15) is 55.3 Å². The Labute approximate surface area is 522 Å². The summed E-state index contributed by atoms with van der Waals surface area (Å²) in [5.41, 5.74) is -2.65. The van der Waals surface area contributed by atoms with Crippen LogP contribution in [0.4, 0.5) is 8.78 Å². The third-order valence-corrected chi connectivity index (χ3v) is 21.2. The number of carbonyl (C=O) groups excluding carboxylic acids is 7. The highest BCUT2D eigenvalue weighted by atomic mass is 32.2. The van der Waals surface area contributed by atoms with Crippen molar-refractivity contribution in [3.63, 3.8) is 0 Å². The number of alkyl halides is 2. The molecule has 8 unspecified atom stereocenters. The van der Waals surface area contributed by atoms with Crippen molar-refractivity contribution in [3.8, 4) is 0 Å². The zero-order chi connectivity index (χ0) is 66.4. The van der Waals surface area contributed by atoms with Crippen molar-refractivity contribution < 1.29 is 88.5 Å². The zero-order valence-corrected chi connectivity index (χ0v) is 55.8. The molecule has 0 spiro atoms. The van der Waals surface area contributed by atoms with Gasteiger partial charge in [-0.1, -0.05) is 96.1 Å². The largest absolute Gasteiger partial charge is 0.743 e. The van der Waals surface area contributed by atoms with E-state index in [1.807, 2.05) is 48.5 Å². The first-order valence-electron chi connectivity index (χ1n) is 30.5. The van der Waals surface area contributed by atoms with Gasteiger partial charge in [0.15, 0.2) is 30.9 Å². The molecular formula is C67H94F2O17S2. The Kier molecular flexibility index (Phi) is 26.4. The molecule has 0 amide bonds. The lowest BCUT2D eigenvalue weighted by Gasteiger charge is -2.36. The molecular weight excluding hydrogens is 1180 g/mol. The van der Waals surface area contributed by atoms with Crippen molar-refractivity contribution in [3.05, 3.63) is 91.0 Å². The van der Waals surface area contributed by atoms with Gasteiger partial charge in [-0.3, -0.25) is 28.8 Å². The number of hydrogen-bond acceptors (Lipinski definition) is 17. The van der Waals surface area contributed by atoms with Crippen molar-refractivity contribution in [2.24, 2.45) is 51.2 Å². The Balaban J connectivity index is 0.000000237. The normalized spacial score (nSPS) is 22.1. The maximum Gasteiger partial charge on any atom is 0.369 e. The maximum atomic E-state index is 13.0. The molecule has 3 aliphatic carbocycles. The van der Waals surface area contributed by atoms with Gasteiger partial charge >= 0.3 is 47.0 Å². The lowest BCUT2D eigenvalue weighted by atomic mass is 9.78. The summed E-state index contributed by atoms with van der Waals surface area (Å²) in [6.07, 6.45) is 4.17. The third-order valence-electron chi connectivity index (χ3n) is 18.0. The molecule has 5 fully saturated rings. The minimum atomic E-state index is -5.86. The molecule has 3 aromatic carbocycles. The van der Waals surface area contributed by atoms with E-state index in [0.717, 1.165) is 19.3 Å². The number of carbonyl (C=O) groups is 7. The van der Waals surface area contributed by atoms with Crippen LogP contribution < -0.4 is 0 Å². The number of esters is 7. The second kappa shape index (κ2) is 31.2. The van der Waals surface area contributed by atoms with Crippen molar-refractivity contribution in [1.29, 1.82) is 0 Å². The molecule has 2 heterocycles. The van der Waals surface area contributed by atoms with Gasteiger partial charge in [0.25, 0.3) is 0 Å². The monoisotopic (exact) mass is 1270 g/mol. The lowest BCUT2D eigenvalue weighted by molar-refractivity contribution is -0.175. The molecule has 2 saturated heterocycles. The van der Waals surface area contributed by atoms with Gasteiger partial charge in [0, 0.05) is 18.3 Å². The molecule has 0 aromatic heterocycles. The second-order valence-corrected chi connectivity index (χ2v) is 29.3. The van der Waals surface area contributed by atoms with Gasteiger partial charge in [-0.15, -0.1) is 0 Å². The van der Waals surface area contributed by atoms with Crippen molar-refractivity contribution in [2.45, 2.75) is 218 Å². The van der Waals surface area contributed by atoms with Crippen molar-refractivity contribution in [2.75, 3.05) is 13.7 Å². The van der Waals surface area contributed by atoms with E-state index in [2.05, 4.69) is 110 Å². The number of fused-ring (bicyclic) bond motifs is 1. The molecule has 88 heavy (non-hydrogen) atoms. The van der Waals surface area contributed by atoms with Crippen LogP contribution in [0.2, 0.25) is 0 Å². The van der Waals surface area contributed by atoms with Crippen LogP contribution in [-0.2, 0) is 87.7 Å². The predicted octanol–water partition coefficient (Wildman–Crippen LogP) is 12.8. The van der Waals surface area contributed by atoms with Crippen molar-refractivity contribution in [1.82, 2.24) is 0 Å². The molecule has 3 saturated carbocycles. The number of methoxy groups -OCH3 is 1. The molecule has 0 N–H and O–H groups in total. The van der Waals surface area contributed by atoms with E-state index in [4.69, 9.17) is 28.4 Å². The first kappa shape index (κ1) is 74.5. The summed E-state index contributed by atoms with van der Waals surface area (Å²) in [6.45, 7) is 27.0. The molecule has 2 bridgehead atoms. The SMILES string of the molecule is CCC(C)(C)C(=O)OC(C)C(F)(F)S(=O)(=O)[O-].CCC(C)(C)C(=O)OC1(C(C)C)CCCC1.CCC(C)(C)C(=O)OC1C2CC3C1OC(=O)C3C2C(=O)OC.CCC(C)(C)C(=O)OC1CCOC1=O.c1ccc([S+](c2ccccc2)c2ccccc2)cc1. The Morgan fingerprint density at radius 3 is 1.45 bits per heavy atom. The number of ether oxygens (including phenoxy) is 7. The van der Waals surface area contributed by atoms with Gasteiger partial charge < -0.3 is 37.7 Å². The molecule has 21 heteroatoms. The van der Waals surface area contributed by atoms with E-state index >= 15 is 0 Å². The number of halogens is 2. The molecule has 2 aliphatic heterocycles. The van der Waals surface area contributed by atoms with Crippen LogP contribution in [0.1, 0.15) is 168 Å². The highest BCUT2D eigenvalue weighted by molar-refractivity contribution is 7.97. The van der Waals surface area contributed by atoms with E-state index in [0.29, 0.717) is 51.6 Å². The fourth-order valence-corrected chi connectivity index (χ4v) is 12.7. The Morgan fingerprint density at radius 2 is 1.07 bits per heavy atom. The smallest absolute Gasteiger partial charge is 0.369 e. The predicted molar refractivity (Wildman–Crippen MR) is 326 cm³/mol. The van der Waals surface area contributed by atoms with Crippen LogP contribution in [0.5, 0.6) is 0 Å². The molecule has 3 aromatic rings. The highest BCUT2D eigenvalue weighted by Gasteiger charge is 2.70. The van der Waals surface area contributed by atoms with Gasteiger partial charge in [0.2, 0.25) is 6.10 Å². The summed E-state index contributed by atoms with van der Waals surface area (Å²) in [7, 11) is -4.56. The number of rotatable bonds is 19. The van der Waals surface area contributed by atoms with Gasteiger partial charge in [0.05, 0.1) is 58.1 Å². The quantitative estimate of drug-likeness (QED) is 0.0469. The van der Waals surface area contributed by atoms with E-state index < -0.39 is 85.8 Å². The van der Waals surface area contributed by atoms with E-state index in [1.54, 1.807) is 20.8 Å². The highest BCUT2D eigenvalue weighted by Crippen LogP contribution is 2.59. The summed E-state index contributed by atoms with van der Waals surface area (Å²) in [5, 5.41) is -4.63. The molecule has 5 aliphatic rings. The maximum absolute atomic E-state index is 13.0. The van der Waals surface area contributed by atoms with Crippen LogP contribution in [0.25, 0.3) is 0 Å². The van der Waals surface area contributed by atoms with E-state index in [1.165, 1.54) is 48.5 Å². The van der Waals surface area contributed by atoms with Crippen LogP contribution >= 0.6 is 0 Å². The van der Waals surface area contributed by atoms with Crippen LogP contribution in [0.15, 0.2) is 106 Å². The lowest BCUT2D eigenvalue weighted by Crippen LogP contribution is -2.45. The number of benzene rings is 3. The minimum absolute atomic E-state index is 0.0146. The summed E-state index contributed by atoms with van der Waals surface area (Å²) in [4.78, 5) is 86.7. The van der Waals surface area contributed by atoms with Crippen molar-refractivity contribution >= 4 is 62.8 Å². The summed E-state index contributed by atoms with van der Waals surface area (Å²) in [5.74, 6) is -3.62. The minimum Gasteiger partial charge on any atom is -0.743 e. The summed E-state index contributed by atoms with van der Waals surface area (Å²) in [6, 6.07) is 32.2. The fraction of sp³-hybridized carbons (Fsp3) is 0.627. The average molecular weight is 1270 g/mol. The summed E-state index contributed by atoms with van der Waals surface area (Å²) < 4.78 is 92.8. The molecule has 490 valence electrons. The first-order valence-corrected chi connectivity index (χ1v) is 33.1. The number of cyclic esters (lactones) is 1. The van der Waals surface area contributed by atoms with Gasteiger partial charge in [-0.25, -0.2) is 13.2 Å². The first-order chi connectivity index (χ1) is 40.9. The molecule has 0 radical (unpaired) electrons. The topological polar surface area (TPSA) is 241 Å². The van der Waals surface area contributed by atoms with Gasteiger partial charge in [-0.05, 0) is 162 Å². The van der Waals surface area contributed by atoms with Gasteiger partial charge in [-0.2, -0.15) is 8.78 Å². The zero-order valence-electron chi connectivity index (χ0n) is 54.1. The fourth-order valence-electron chi connectivity index (χ4n) is 10.1. The number of hydrogen-bond donors (Lipinski definition) is 0. The third kappa shape index (κ3) is 18.4. The molecule has 17 nitrogen and oxygen atoms in total. The van der Waals surface area contributed by atoms with Crippen LogP contribution in [-0.4, -0.2) is 104 Å². The Morgan fingerprint density at radius 1 is 0.648 bits per heavy atom. The summed E-state index contributed by atoms with van der Waals surface area (Å²) >= 11 is 0. The van der Waals surface area contributed by atoms with Crippen LogP contribution in [0.3, 0.4) is 0 Å². The standard InChI is InChI=1S/C18H15S.C16H22O6.C14H26O2.C10H16O4.C9H16F2O5S/c1-4-10-16(11-5-1)19(17-12-6-2-7-13-17)18-14-8-3-9-15-18;1-5-16(2,3)15(19)22-12-7-6-8-10(9(7)13(17)20-4)14(18)21-11(8)12;1-6-13(4,5)12(15)16-14(11(2)3)9-7-8-10-14;1-4-10(2,3)9(12)14-7-5-6-13-8(7)11;1-5-8(3,4)7(12)16-6(2)9(10,11)17(13,14)15/h1-15H;7-12H,5-6H2,1-4H3;11H,6-10H2,1-5H3;7H,4-6H2,1-3H3;6H,5H2,1-4H3,(H,13,14,15)/q+1;;;;/p-1. The average Bonchev–Trinajstić information content (AvgIpc) is 1.58. The second-order valence-electron chi connectivity index (χ2n) is 25.8.